The number of hydrogen-bond acceptors (Lipinski definition) is 3. The number of anilines is 1. The van der Waals surface area contributed by atoms with Gasteiger partial charge in [-0.25, -0.2) is 4.98 Å². The minimum Gasteiger partial charge on any atom is -0.367 e. The molecule has 4 heteroatoms. The van der Waals surface area contributed by atoms with Crippen molar-refractivity contribution in [2.45, 2.75) is 63.5 Å². The Hall–Kier alpha value is -1.58. The first-order chi connectivity index (χ1) is 9.83. The average Bonchev–Trinajstić information content (AvgIpc) is 3.27. The van der Waals surface area contributed by atoms with Crippen molar-refractivity contribution in [3.63, 3.8) is 0 Å². The maximum atomic E-state index is 12.5. The van der Waals surface area contributed by atoms with Crippen LogP contribution in [0.25, 0.3) is 0 Å². The standard InChI is InChI=1S/C16H23N3O/c20-16(19-12-6-3-1-2-4-7-12)14-8-5-11-17-15(14)18-13-9-10-13/h5,8,11-13H,1-4,6-7,9-10H2,(H,17,18)(H,19,20). The molecule has 108 valence electrons. The van der Waals surface area contributed by atoms with E-state index in [1.165, 1.54) is 38.5 Å². The third-order valence-electron chi connectivity index (χ3n) is 4.16. The number of carbonyl (C=O) groups excluding carboxylic acids is 1. The van der Waals surface area contributed by atoms with Crippen LogP contribution in [0.2, 0.25) is 0 Å². The molecule has 4 nitrogen and oxygen atoms in total. The van der Waals surface area contributed by atoms with Crippen LogP contribution in [0.1, 0.15) is 61.7 Å². The van der Waals surface area contributed by atoms with Crippen molar-refractivity contribution in [3.8, 4) is 0 Å². The van der Waals surface area contributed by atoms with Gasteiger partial charge in [0.15, 0.2) is 0 Å². The first-order valence-electron chi connectivity index (χ1n) is 7.85. The van der Waals surface area contributed by atoms with Crippen molar-refractivity contribution < 1.29 is 4.79 Å². The van der Waals surface area contributed by atoms with Gasteiger partial charge in [0.25, 0.3) is 5.91 Å². The quantitative estimate of drug-likeness (QED) is 0.829. The zero-order valence-electron chi connectivity index (χ0n) is 11.9. The molecule has 1 amide bonds. The highest BCUT2D eigenvalue weighted by Gasteiger charge is 2.24. The van der Waals surface area contributed by atoms with Gasteiger partial charge in [-0.2, -0.15) is 0 Å². The second kappa shape index (κ2) is 6.25. The first kappa shape index (κ1) is 13.4. The number of amides is 1. The molecule has 0 bridgehead atoms. The van der Waals surface area contributed by atoms with Gasteiger partial charge in [0, 0.05) is 18.3 Å². The minimum absolute atomic E-state index is 0.0214. The van der Waals surface area contributed by atoms with Crippen LogP contribution < -0.4 is 10.6 Å². The summed E-state index contributed by atoms with van der Waals surface area (Å²) < 4.78 is 0. The molecule has 2 aliphatic rings. The molecule has 0 aromatic carbocycles. The lowest BCUT2D eigenvalue weighted by atomic mass is 10.1. The molecule has 1 heterocycles. The summed E-state index contributed by atoms with van der Waals surface area (Å²) in [4.78, 5) is 16.8. The molecule has 2 N–H and O–H groups in total. The predicted octanol–water partition coefficient (Wildman–Crippen LogP) is 3.11. The van der Waals surface area contributed by atoms with Gasteiger partial charge >= 0.3 is 0 Å². The van der Waals surface area contributed by atoms with Gasteiger partial charge in [-0.1, -0.05) is 25.7 Å². The molecule has 1 aromatic rings. The van der Waals surface area contributed by atoms with E-state index in [-0.39, 0.29) is 5.91 Å². The molecule has 1 aromatic heterocycles. The Morgan fingerprint density at radius 3 is 2.50 bits per heavy atom. The van der Waals surface area contributed by atoms with E-state index in [1.807, 2.05) is 12.1 Å². The summed E-state index contributed by atoms with van der Waals surface area (Å²) >= 11 is 0. The van der Waals surface area contributed by atoms with Crippen molar-refractivity contribution in [2.24, 2.45) is 0 Å². The summed E-state index contributed by atoms with van der Waals surface area (Å²) in [5, 5.41) is 6.53. The Morgan fingerprint density at radius 1 is 1.05 bits per heavy atom. The van der Waals surface area contributed by atoms with E-state index < -0.39 is 0 Å². The van der Waals surface area contributed by atoms with Crippen LogP contribution in [0.5, 0.6) is 0 Å². The zero-order chi connectivity index (χ0) is 13.8. The highest BCUT2D eigenvalue weighted by Crippen LogP contribution is 2.25. The lowest BCUT2D eigenvalue weighted by molar-refractivity contribution is 0.0934. The summed E-state index contributed by atoms with van der Waals surface area (Å²) in [7, 11) is 0. The second-order valence-corrected chi connectivity index (χ2v) is 5.98. The van der Waals surface area contributed by atoms with Crippen LogP contribution in [-0.2, 0) is 0 Å². The average molecular weight is 273 g/mol. The van der Waals surface area contributed by atoms with Crippen molar-refractivity contribution in [1.82, 2.24) is 10.3 Å². The Bertz CT molecular complexity index is 463. The fourth-order valence-electron chi connectivity index (χ4n) is 2.81. The highest BCUT2D eigenvalue weighted by atomic mass is 16.1. The second-order valence-electron chi connectivity index (χ2n) is 5.98. The maximum absolute atomic E-state index is 12.5. The molecule has 2 saturated carbocycles. The van der Waals surface area contributed by atoms with E-state index in [2.05, 4.69) is 15.6 Å². The maximum Gasteiger partial charge on any atom is 0.255 e. The van der Waals surface area contributed by atoms with Gasteiger partial charge in [-0.15, -0.1) is 0 Å². The molecule has 3 rings (SSSR count). The van der Waals surface area contributed by atoms with E-state index in [0.717, 1.165) is 18.7 Å². The summed E-state index contributed by atoms with van der Waals surface area (Å²) in [6.07, 6.45) is 11.4. The summed E-state index contributed by atoms with van der Waals surface area (Å²) in [5.41, 5.74) is 0.684. The highest BCUT2D eigenvalue weighted by molar-refractivity contribution is 5.98. The van der Waals surface area contributed by atoms with E-state index in [0.29, 0.717) is 17.6 Å². The van der Waals surface area contributed by atoms with Gasteiger partial charge in [-0.3, -0.25) is 4.79 Å². The predicted molar refractivity (Wildman–Crippen MR) is 79.8 cm³/mol. The van der Waals surface area contributed by atoms with Gasteiger partial charge < -0.3 is 10.6 Å². The molecule has 0 spiro atoms. The number of pyridine rings is 1. The third-order valence-corrected chi connectivity index (χ3v) is 4.16. The number of rotatable bonds is 4. The number of hydrogen-bond donors (Lipinski definition) is 2. The monoisotopic (exact) mass is 273 g/mol. The van der Waals surface area contributed by atoms with E-state index in [1.54, 1.807) is 6.20 Å². The molecule has 0 saturated heterocycles. The van der Waals surface area contributed by atoms with Crippen LogP contribution in [-0.4, -0.2) is 23.0 Å². The Labute approximate surface area is 120 Å². The van der Waals surface area contributed by atoms with Gasteiger partial charge in [0.05, 0.1) is 5.56 Å². The summed E-state index contributed by atoms with van der Waals surface area (Å²) in [6.45, 7) is 0. The molecule has 0 radical (unpaired) electrons. The SMILES string of the molecule is O=C(NC1CCCCCC1)c1cccnc1NC1CC1. The van der Waals surface area contributed by atoms with Crippen LogP contribution in [0.3, 0.4) is 0 Å². The number of carbonyl (C=O) groups is 1. The third kappa shape index (κ3) is 3.50. The minimum atomic E-state index is 0.0214. The molecule has 20 heavy (non-hydrogen) atoms. The summed E-state index contributed by atoms with van der Waals surface area (Å²) in [6, 6.07) is 4.54. The van der Waals surface area contributed by atoms with E-state index in [4.69, 9.17) is 0 Å². The van der Waals surface area contributed by atoms with E-state index >= 15 is 0 Å². The largest absolute Gasteiger partial charge is 0.367 e. The van der Waals surface area contributed by atoms with E-state index in [9.17, 15) is 4.79 Å². The Kier molecular flexibility index (Phi) is 4.19. The van der Waals surface area contributed by atoms with Crippen molar-refractivity contribution in [2.75, 3.05) is 5.32 Å². The van der Waals surface area contributed by atoms with Crippen molar-refractivity contribution in [3.05, 3.63) is 23.9 Å². The van der Waals surface area contributed by atoms with Crippen molar-refractivity contribution in [1.29, 1.82) is 0 Å². The van der Waals surface area contributed by atoms with Gasteiger partial charge in [0.1, 0.15) is 5.82 Å². The fraction of sp³-hybridized carbons (Fsp3) is 0.625. The van der Waals surface area contributed by atoms with Crippen LogP contribution in [0, 0.1) is 0 Å². The van der Waals surface area contributed by atoms with Crippen LogP contribution >= 0.6 is 0 Å². The van der Waals surface area contributed by atoms with Crippen LogP contribution in [0.4, 0.5) is 5.82 Å². The molecule has 0 atom stereocenters. The Balaban J connectivity index is 1.66. The molecular weight excluding hydrogens is 250 g/mol. The number of nitrogens with one attached hydrogen (secondary N) is 2. The molecule has 2 fully saturated rings. The van der Waals surface area contributed by atoms with Crippen molar-refractivity contribution >= 4 is 11.7 Å². The summed E-state index contributed by atoms with van der Waals surface area (Å²) in [5.74, 6) is 0.759. The first-order valence-corrected chi connectivity index (χ1v) is 7.85. The lowest BCUT2D eigenvalue weighted by Crippen LogP contribution is -2.35. The van der Waals surface area contributed by atoms with Gasteiger partial charge in [-0.05, 0) is 37.8 Å². The molecule has 0 unspecified atom stereocenters. The topological polar surface area (TPSA) is 54.0 Å². The molecule has 0 aliphatic heterocycles. The smallest absolute Gasteiger partial charge is 0.255 e. The molecule has 2 aliphatic carbocycles. The normalized spacial score (nSPS) is 20.2. The number of nitrogens with zero attached hydrogens (tertiary/aromatic N) is 1. The zero-order valence-corrected chi connectivity index (χ0v) is 11.9. The van der Waals surface area contributed by atoms with Crippen LogP contribution in [0.15, 0.2) is 18.3 Å². The number of aromatic nitrogens is 1. The fourth-order valence-corrected chi connectivity index (χ4v) is 2.81. The van der Waals surface area contributed by atoms with Gasteiger partial charge in [0.2, 0.25) is 0 Å². The Morgan fingerprint density at radius 2 is 1.80 bits per heavy atom. The lowest BCUT2D eigenvalue weighted by Gasteiger charge is -2.17. The molecular formula is C16H23N3O.